The summed E-state index contributed by atoms with van der Waals surface area (Å²) in [5, 5.41) is 23.6. The van der Waals surface area contributed by atoms with Gasteiger partial charge in [0.25, 0.3) is 0 Å². The zero-order chi connectivity index (χ0) is 22.4. The van der Waals surface area contributed by atoms with Gasteiger partial charge in [-0.3, -0.25) is 4.79 Å². The van der Waals surface area contributed by atoms with Crippen molar-refractivity contribution in [2.75, 3.05) is 19.0 Å². The maximum atomic E-state index is 13.1. The van der Waals surface area contributed by atoms with Gasteiger partial charge in [0.15, 0.2) is 11.5 Å². The molecule has 1 fully saturated rings. The Bertz CT molecular complexity index is 1140. The Balaban J connectivity index is 1.63. The van der Waals surface area contributed by atoms with E-state index in [0.29, 0.717) is 19.4 Å². The van der Waals surface area contributed by atoms with Gasteiger partial charge >= 0.3 is 0 Å². The van der Waals surface area contributed by atoms with E-state index in [0.717, 1.165) is 28.7 Å². The molecule has 0 unspecified atom stereocenters. The second-order valence-corrected chi connectivity index (χ2v) is 9.44. The second kappa shape index (κ2) is 7.61. The maximum Gasteiger partial charge on any atom is 0.235 e. The number of aromatic hydroxyl groups is 2. The molecular formula is C25H30N2O4. The van der Waals surface area contributed by atoms with E-state index in [-0.39, 0.29) is 22.8 Å². The van der Waals surface area contributed by atoms with Crippen LogP contribution in [0.3, 0.4) is 0 Å². The second-order valence-electron chi connectivity index (χ2n) is 9.44. The van der Waals surface area contributed by atoms with Crippen LogP contribution in [0.4, 0.5) is 5.69 Å². The first-order valence-electron chi connectivity index (χ1n) is 10.6. The van der Waals surface area contributed by atoms with E-state index in [1.165, 1.54) is 17.8 Å². The normalized spacial score (nSPS) is 15.2. The molecule has 6 nitrogen and oxygen atoms in total. The number of amides is 1. The highest BCUT2D eigenvalue weighted by Gasteiger charge is 2.51. The number of hydrogen-bond acceptors (Lipinski definition) is 4. The summed E-state index contributed by atoms with van der Waals surface area (Å²) < 4.78 is 7.58. The van der Waals surface area contributed by atoms with E-state index in [2.05, 4.69) is 36.7 Å². The van der Waals surface area contributed by atoms with Gasteiger partial charge in [0, 0.05) is 41.4 Å². The molecular weight excluding hydrogens is 392 g/mol. The highest BCUT2D eigenvalue weighted by Crippen LogP contribution is 2.50. The summed E-state index contributed by atoms with van der Waals surface area (Å²) in [6.45, 7) is 7.98. The standard InChI is InChI=1S/C25H30N2O4/c1-24(2,3)22-14-16-13-18(6-7-19(16)27(22)11-12-31-4)26-23(30)25(9-10-25)17-5-8-20(28)21(29)15-17/h5-8,13-15,28-29H,9-12H2,1-4H3,(H,26,30). The van der Waals surface area contributed by atoms with Crippen LogP contribution in [0.5, 0.6) is 11.5 Å². The number of ether oxygens (including phenoxy) is 1. The number of methoxy groups -OCH3 is 1. The molecule has 0 saturated heterocycles. The highest BCUT2D eigenvalue weighted by molar-refractivity contribution is 6.02. The van der Waals surface area contributed by atoms with Gasteiger partial charge in [0.05, 0.1) is 12.0 Å². The van der Waals surface area contributed by atoms with Crippen LogP contribution in [-0.2, 0) is 26.9 Å². The number of fused-ring (bicyclic) bond motifs is 1. The number of rotatable bonds is 6. The van der Waals surface area contributed by atoms with E-state index < -0.39 is 5.41 Å². The Morgan fingerprint density at radius 2 is 1.84 bits per heavy atom. The summed E-state index contributed by atoms with van der Waals surface area (Å²) >= 11 is 0. The van der Waals surface area contributed by atoms with Crippen LogP contribution in [-0.4, -0.2) is 34.4 Å². The molecule has 3 N–H and O–H groups in total. The fourth-order valence-electron chi connectivity index (χ4n) is 4.24. The minimum Gasteiger partial charge on any atom is -0.504 e. The van der Waals surface area contributed by atoms with Gasteiger partial charge in [-0.05, 0) is 54.8 Å². The summed E-state index contributed by atoms with van der Waals surface area (Å²) in [4.78, 5) is 13.1. The van der Waals surface area contributed by atoms with Gasteiger partial charge < -0.3 is 24.8 Å². The summed E-state index contributed by atoms with van der Waals surface area (Å²) in [6.07, 6.45) is 1.43. The van der Waals surface area contributed by atoms with Gasteiger partial charge in [0.2, 0.25) is 5.91 Å². The van der Waals surface area contributed by atoms with E-state index in [4.69, 9.17) is 4.74 Å². The molecule has 0 radical (unpaired) electrons. The van der Waals surface area contributed by atoms with E-state index >= 15 is 0 Å². The van der Waals surface area contributed by atoms with Crippen molar-refractivity contribution in [1.29, 1.82) is 0 Å². The summed E-state index contributed by atoms with van der Waals surface area (Å²) in [6, 6.07) is 12.8. The topological polar surface area (TPSA) is 83.7 Å². The molecule has 4 rings (SSSR count). The minimum atomic E-state index is -0.652. The van der Waals surface area contributed by atoms with Gasteiger partial charge in [-0.2, -0.15) is 0 Å². The Morgan fingerprint density at radius 3 is 2.45 bits per heavy atom. The third-order valence-electron chi connectivity index (χ3n) is 6.16. The third kappa shape index (κ3) is 3.88. The molecule has 0 spiro atoms. The van der Waals surface area contributed by atoms with Crippen LogP contribution in [0.15, 0.2) is 42.5 Å². The van der Waals surface area contributed by atoms with Gasteiger partial charge in [-0.1, -0.05) is 26.8 Å². The van der Waals surface area contributed by atoms with Crippen molar-refractivity contribution in [1.82, 2.24) is 4.57 Å². The monoisotopic (exact) mass is 422 g/mol. The smallest absolute Gasteiger partial charge is 0.235 e. The van der Waals surface area contributed by atoms with Crippen molar-refractivity contribution in [2.24, 2.45) is 0 Å². The minimum absolute atomic E-state index is 0.0187. The number of phenolic OH excluding ortho intramolecular Hbond substituents is 2. The van der Waals surface area contributed by atoms with Gasteiger partial charge in [-0.15, -0.1) is 0 Å². The third-order valence-corrected chi connectivity index (χ3v) is 6.16. The Kier molecular flexibility index (Phi) is 5.21. The first kappa shape index (κ1) is 21.2. The van der Waals surface area contributed by atoms with Crippen LogP contribution in [0.1, 0.15) is 44.9 Å². The number of nitrogens with zero attached hydrogens (tertiary/aromatic N) is 1. The number of aromatic nitrogens is 1. The van der Waals surface area contributed by atoms with Crippen LogP contribution < -0.4 is 5.32 Å². The molecule has 164 valence electrons. The molecule has 2 aromatic carbocycles. The number of anilines is 1. The number of carbonyl (C=O) groups excluding carboxylic acids is 1. The van der Waals surface area contributed by atoms with Crippen molar-refractivity contribution in [3.05, 3.63) is 53.7 Å². The Morgan fingerprint density at radius 1 is 1.10 bits per heavy atom. The first-order chi connectivity index (χ1) is 14.7. The van der Waals surface area contributed by atoms with Crippen molar-refractivity contribution < 1.29 is 19.7 Å². The molecule has 0 aliphatic heterocycles. The van der Waals surface area contributed by atoms with E-state index in [1.54, 1.807) is 13.2 Å². The Hall–Kier alpha value is -2.99. The molecule has 1 aliphatic carbocycles. The largest absolute Gasteiger partial charge is 0.504 e. The van der Waals surface area contributed by atoms with Gasteiger partial charge in [-0.25, -0.2) is 0 Å². The lowest BCUT2D eigenvalue weighted by Gasteiger charge is -2.22. The predicted octanol–water partition coefficient (Wildman–Crippen LogP) is 4.67. The average molecular weight is 423 g/mol. The number of phenols is 2. The zero-order valence-electron chi connectivity index (χ0n) is 18.5. The predicted molar refractivity (Wildman–Crippen MR) is 122 cm³/mol. The molecule has 1 aliphatic rings. The van der Waals surface area contributed by atoms with Crippen LogP contribution in [0.2, 0.25) is 0 Å². The fraction of sp³-hybridized carbons (Fsp3) is 0.400. The summed E-state index contributed by atoms with van der Waals surface area (Å²) in [7, 11) is 1.71. The average Bonchev–Trinajstić information content (AvgIpc) is 3.44. The molecule has 31 heavy (non-hydrogen) atoms. The van der Waals surface area contributed by atoms with Crippen LogP contribution in [0.25, 0.3) is 10.9 Å². The fourth-order valence-corrected chi connectivity index (χ4v) is 4.24. The molecule has 1 aromatic heterocycles. The van der Waals surface area contributed by atoms with Crippen LogP contribution >= 0.6 is 0 Å². The van der Waals surface area contributed by atoms with Crippen molar-refractivity contribution in [2.45, 2.75) is 51.0 Å². The first-order valence-corrected chi connectivity index (χ1v) is 10.6. The summed E-state index contributed by atoms with van der Waals surface area (Å²) in [5.74, 6) is -0.477. The lowest BCUT2D eigenvalue weighted by molar-refractivity contribution is -0.118. The number of hydrogen-bond donors (Lipinski definition) is 3. The number of benzene rings is 2. The highest BCUT2D eigenvalue weighted by atomic mass is 16.5. The summed E-state index contributed by atoms with van der Waals surface area (Å²) in [5.41, 5.74) is 3.14. The van der Waals surface area contributed by atoms with Crippen molar-refractivity contribution >= 4 is 22.5 Å². The maximum absolute atomic E-state index is 13.1. The molecule has 1 amide bonds. The van der Waals surface area contributed by atoms with Crippen LogP contribution in [0, 0.1) is 0 Å². The van der Waals surface area contributed by atoms with E-state index in [9.17, 15) is 15.0 Å². The molecule has 1 saturated carbocycles. The molecule has 0 atom stereocenters. The SMILES string of the molecule is COCCn1c(C(C)(C)C)cc2cc(NC(=O)C3(c4ccc(O)c(O)c4)CC3)ccc21. The number of carbonyl (C=O) groups is 1. The quantitative estimate of drug-likeness (QED) is 0.504. The van der Waals surface area contributed by atoms with Crippen molar-refractivity contribution in [3.63, 3.8) is 0 Å². The van der Waals surface area contributed by atoms with Gasteiger partial charge in [0.1, 0.15) is 0 Å². The molecule has 6 heteroatoms. The molecule has 1 heterocycles. The lowest BCUT2D eigenvalue weighted by Crippen LogP contribution is -2.27. The zero-order valence-corrected chi connectivity index (χ0v) is 18.5. The lowest BCUT2D eigenvalue weighted by atomic mass is 9.92. The Labute approximate surface area is 182 Å². The number of nitrogens with one attached hydrogen (secondary N) is 1. The molecule has 0 bridgehead atoms. The molecule has 3 aromatic rings. The van der Waals surface area contributed by atoms with Crippen molar-refractivity contribution in [3.8, 4) is 11.5 Å². The van der Waals surface area contributed by atoms with E-state index in [1.807, 2.05) is 18.2 Å².